The van der Waals surface area contributed by atoms with Crippen LogP contribution < -0.4 is 11.1 Å². The predicted molar refractivity (Wildman–Crippen MR) is 88.1 cm³/mol. The van der Waals surface area contributed by atoms with Gasteiger partial charge in [0, 0.05) is 26.3 Å². The number of carbonyl (C=O) groups excluding carboxylic acids is 3. The van der Waals surface area contributed by atoms with Gasteiger partial charge in [-0.05, 0) is 17.7 Å². The van der Waals surface area contributed by atoms with Gasteiger partial charge in [0.15, 0.2) is 0 Å². The molecule has 10 heteroatoms. The lowest BCUT2D eigenvalue weighted by molar-refractivity contribution is -0.138. The number of carbonyl (C=O) groups is 3. The van der Waals surface area contributed by atoms with E-state index in [2.05, 4.69) is 5.32 Å². The molecule has 1 saturated heterocycles. The van der Waals surface area contributed by atoms with Crippen LogP contribution in [0.3, 0.4) is 0 Å². The molecule has 0 aliphatic carbocycles. The van der Waals surface area contributed by atoms with Crippen LogP contribution in [0.2, 0.25) is 0 Å². The summed E-state index contributed by atoms with van der Waals surface area (Å²) in [5.41, 5.74) is 4.84. The lowest BCUT2D eigenvalue weighted by atomic mass is 10.0. The quantitative estimate of drug-likeness (QED) is 0.670. The minimum Gasteiger partial charge on any atom is -0.391 e. The van der Waals surface area contributed by atoms with Crippen LogP contribution in [0.25, 0.3) is 0 Å². The van der Waals surface area contributed by atoms with Crippen molar-refractivity contribution >= 4 is 17.7 Å². The van der Waals surface area contributed by atoms with Crippen LogP contribution in [0.1, 0.15) is 24.5 Å². The van der Waals surface area contributed by atoms with E-state index in [0.717, 1.165) is 12.1 Å². The van der Waals surface area contributed by atoms with E-state index in [4.69, 9.17) is 5.73 Å². The van der Waals surface area contributed by atoms with Gasteiger partial charge in [-0.15, -0.1) is 0 Å². The number of hydrogen-bond donors (Lipinski definition) is 3. The fourth-order valence-corrected chi connectivity index (χ4v) is 2.97. The molecule has 7 nitrogen and oxygen atoms in total. The Bertz CT molecular complexity index is 721. The largest absolute Gasteiger partial charge is 0.416 e. The van der Waals surface area contributed by atoms with Crippen LogP contribution in [-0.4, -0.2) is 52.5 Å². The topological polar surface area (TPSA) is 113 Å². The van der Waals surface area contributed by atoms with Gasteiger partial charge in [0.05, 0.1) is 11.7 Å². The number of likely N-dealkylation sites (tertiary alicyclic amines) is 1. The summed E-state index contributed by atoms with van der Waals surface area (Å²) in [6.07, 6.45) is -5.41. The second kappa shape index (κ2) is 7.95. The normalized spacial score (nSPS) is 21.0. The Kier molecular flexibility index (Phi) is 6.09. The first-order chi connectivity index (χ1) is 12.5. The first-order valence-corrected chi connectivity index (χ1v) is 8.20. The molecule has 2 rings (SSSR count). The summed E-state index contributed by atoms with van der Waals surface area (Å²) < 4.78 is 37.8. The minimum absolute atomic E-state index is 0.00750. The number of halogens is 3. The molecule has 1 aliphatic rings. The van der Waals surface area contributed by atoms with Gasteiger partial charge in [0.25, 0.3) is 0 Å². The number of nitrogens with zero attached hydrogens (tertiary/aromatic N) is 1. The van der Waals surface area contributed by atoms with Gasteiger partial charge in [-0.2, -0.15) is 13.2 Å². The highest BCUT2D eigenvalue weighted by molar-refractivity contribution is 5.91. The summed E-state index contributed by atoms with van der Waals surface area (Å²) >= 11 is 0. The van der Waals surface area contributed by atoms with Gasteiger partial charge >= 0.3 is 6.18 Å². The van der Waals surface area contributed by atoms with Crippen molar-refractivity contribution in [3.05, 3.63) is 35.4 Å². The van der Waals surface area contributed by atoms with Crippen molar-refractivity contribution in [1.29, 1.82) is 0 Å². The van der Waals surface area contributed by atoms with E-state index in [1.165, 1.54) is 24.0 Å². The van der Waals surface area contributed by atoms with Crippen LogP contribution in [0.15, 0.2) is 24.3 Å². The molecule has 148 valence electrons. The van der Waals surface area contributed by atoms with Crippen molar-refractivity contribution in [2.45, 2.75) is 44.1 Å². The number of alkyl halides is 3. The Balaban J connectivity index is 2.08. The maximum Gasteiger partial charge on any atom is 0.416 e. The smallest absolute Gasteiger partial charge is 0.391 e. The van der Waals surface area contributed by atoms with Gasteiger partial charge in [-0.3, -0.25) is 14.4 Å². The van der Waals surface area contributed by atoms with Crippen LogP contribution in [-0.2, 0) is 27.0 Å². The monoisotopic (exact) mass is 387 g/mol. The molecular formula is C17H20F3N3O4. The lowest BCUT2D eigenvalue weighted by Gasteiger charge is -2.24. The van der Waals surface area contributed by atoms with E-state index < -0.39 is 47.6 Å². The molecule has 1 fully saturated rings. The number of nitrogens with two attached hydrogens (primary N) is 1. The SMILES string of the molecule is CC(=O)N1C[C@H](O)C[C@H]1C(=O)N[C@H](Cc1ccc(C(F)(F)F)cc1)C(N)=O. The Morgan fingerprint density at radius 1 is 1.30 bits per heavy atom. The highest BCUT2D eigenvalue weighted by Crippen LogP contribution is 2.29. The highest BCUT2D eigenvalue weighted by Gasteiger charge is 2.38. The fraction of sp³-hybridized carbons (Fsp3) is 0.471. The van der Waals surface area contributed by atoms with Crippen LogP contribution in [0.4, 0.5) is 13.2 Å². The van der Waals surface area contributed by atoms with Gasteiger partial charge in [-0.25, -0.2) is 0 Å². The molecule has 27 heavy (non-hydrogen) atoms. The third kappa shape index (κ3) is 5.19. The first-order valence-electron chi connectivity index (χ1n) is 8.20. The van der Waals surface area contributed by atoms with Crippen molar-refractivity contribution in [2.75, 3.05) is 6.54 Å². The zero-order valence-corrected chi connectivity index (χ0v) is 14.5. The average molecular weight is 387 g/mol. The third-order valence-corrected chi connectivity index (χ3v) is 4.37. The number of β-amino-alcohol motifs (C(OH)–C–C–N with tert-alkyl or cyclic N) is 1. The number of primary amides is 1. The summed E-state index contributed by atoms with van der Waals surface area (Å²) in [5, 5.41) is 12.1. The third-order valence-electron chi connectivity index (χ3n) is 4.37. The minimum atomic E-state index is -4.48. The number of aliphatic hydroxyl groups is 1. The molecule has 1 heterocycles. The van der Waals surface area contributed by atoms with Gasteiger partial charge in [0.2, 0.25) is 17.7 Å². The molecule has 1 aromatic carbocycles. The highest BCUT2D eigenvalue weighted by atomic mass is 19.4. The number of benzene rings is 1. The predicted octanol–water partition coefficient (Wildman–Crippen LogP) is 0.200. The van der Waals surface area contributed by atoms with E-state index in [0.29, 0.717) is 5.56 Å². The van der Waals surface area contributed by atoms with Crippen molar-refractivity contribution < 1.29 is 32.7 Å². The molecule has 0 radical (unpaired) electrons. The van der Waals surface area contributed by atoms with Crippen molar-refractivity contribution in [1.82, 2.24) is 10.2 Å². The fourth-order valence-electron chi connectivity index (χ4n) is 2.97. The van der Waals surface area contributed by atoms with E-state index in [9.17, 15) is 32.7 Å². The van der Waals surface area contributed by atoms with E-state index >= 15 is 0 Å². The van der Waals surface area contributed by atoms with Gasteiger partial charge in [0.1, 0.15) is 12.1 Å². The summed E-state index contributed by atoms with van der Waals surface area (Å²) in [6, 6.07) is 2.05. The van der Waals surface area contributed by atoms with E-state index in [1.807, 2.05) is 0 Å². The second-order valence-electron chi connectivity index (χ2n) is 6.44. The zero-order chi connectivity index (χ0) is 20.4. The maximum atomic E-state index is 12.6. The number of amides is 3. The zero-order valence-electron chi connectivity index (χ0n) is 14.5. The first kappa shape index (κ1) is 20.7. The molecule has 0 saturated carbocycles. The van der Waals surface area contributed by atoms with E-state index in [1.54, 1.807) is 0 Å². The Labute approximate surface area is 153 Å². The van der Waals surface area contributed by atoms with Crippen LogP contribution >= 0.6 is 0 Å². The molecule has 0 unspecified atom stereocenters. The lowest BCUT2D eigenvalue weighted by Crippen LogP contribution is -2.52. The summed E-state index contributed by atoms with van der Waals surface area (Å²) in [6.45, 7) is 1.26. The molecule has 1 aliphatic heterocycles. The Morgan fingerprint density at radius 3 is 2.37 bits per heavy atom. The van der Waals surface area contributed by atoms with Gasteiger partial charge < -0.3 is 21.1 Å². The molecule has 4 N–H and O–H groups in total. The molecule has 0 aromatic heterocycles. The summed E-state index contributed by atoms with van der Waals surface area (Å²) in [5.74, 6) is -1.92. The number of nitrogens with one attached hydrogen (secondary N) is 1. The van der Waals surface area contributed by atoms with Crippen LogP contribution in [0.5, 0.6) is 0 Å². The molecule has 3 amide bonds. The maximum absolute atomic E-state index is 12.6. The molecule has 0 spiro atoms. The summed E-state index contributed by atoms with van der Waals surface area (Å²) in [4.78, 5) is 36.9. The Morgan fingerprint density at radius 2 is 1.89 bits per heavy atom. The molecule has 1 aromatic rings. The number of aliphatic hydroxyl groups excluding tert-OH is 1. The van der Waals surface area contributed by atoms with Crippen LogP contribution in [0, 0.1) is 0 Å². The Hall–Kier alpha value is -2.62. The molecular weight excluding hydrogens is 367 g/mol. The molecule has 3 atom stereocenters. The summed E-state index contributed by atoms with van der Waals surface area (Å²) in [7, 11) is 0. The van der Waals surface area contributed by atoms with Crippen molar-refractivity contribution in [3.63, 3.8) is 0 Å². The van der Waals surface area contributed by atoms with Crippen molar-refractivity contribution in [2.24, 2.45) is 5.73 Å². The van der Waals surface area contributed by atoms with Gasteiger partial charge in [-0.1, -0.05) is 12.1 Å². The number of rotatable bonds is 5. The standard InChI is InChI=1S/C17H20F3N3O4/c1-9(24)23-8-12(25)7-14(23)16(27)22-13(15(21)26)6-10-2-4-11(5-3-10)17(18,19)20/h2-5,12-14,25H,6-8H2,1H3,(H2,21,26)(H,22,27)/t12-,13-,14+/m1/s1. The molecule has 0 bridgehead atoms. The number of hydrogen-bond acceptors (Lipinski definition) is 4. The van der Waals surface area contributed by atoms with Crippen molar-refractivity contribution in [3.8, 4) is 0 Å². The average Bonchev–Trinajstić information content (AvgIpc) is 2.96. The second-order valence-corrected chi connectivity index (χ2v) is 6.44. The van der Waals surface area contributed by atoms with E-state index in [-0.39, 0.29) is 19.4 Å².